The molecule has 0 saturated heterocycles. The van der Waals surface area contributed by atoms with Gasteiger partial charge in [0.25, 0.3) is 0 Å². The van der Waals surface area contributed by atoms with Gasteiger partial charge in [0.05, 0.1) is 17.4 Å². The SMILES string of the molecule is C=C(C)[C@@H]1CCC2(c3ccccc3C(=O)O)CC[C@]3(C)C(CCC4[C@@]5(C)CC[C@H](OC(=O)CC(C)(C)C(=O)O)C(C)(C)C5CC[C@]43C)C12. The van der Waals surface area contributed by atoms with Crippen LogP contribution in [0.4, 0.5) is 0 Å². The maximum absolute atomic E-state index is 13.1. The third-order valence-electron chi connectivity index (χ3n) is 16.1. The summed E-state index contributed by atoms with van der Waals surface area (Å²) in [5.41, 5.74) is 1.67. The number of allylic oxidation sites excluding steroid dienone is 1. The van der Waals surface area contributed by atoms with Gasteiger partial charge in [-0.1, -0.05) is 65.0 Å². The molecule has 5 saturated carbocycles. The lowest BCUT2D eigenvalue weighted by Gasteiger charge is -2.73. The van der Waals surface area contributed by atoms with Crippen molar-refractivity contribution in [1.82, 2.24) is 0 Å². The summed E-state index contributed by atoms with van der Waals surface area (Å²) in [6.07, 6.45) is 10.3. The van der Waals surface area contributed by atoms with Gasteiger partial charge in [-0.25, -0.2) is 4.79 Å². The Kier molecular flexibility index (Phi) is 8.40. The minimum Gasteiger partial charge on any atom is -0.481 e. The fourth-order valence-corrected chi connectivity index (χ4v) is 13.5. The molecule has 2 N–H and O–H groups in total. The van der Waals surface area contributed by atoms with E-state index in [4.69, 9.17) is 4.74 Å². The molecule has 0 spiro atoms. The van der Waals surface area contributed by atoms with E-state index in [1.54, 1.807) is 13.8 Å². The molecule has 5 fully saturated rings. The number of hydrogen-bond donors (Lipinski definition) is 2. The first-order valence-electron chi connectivity index (χ1n) is 18.7. The number of fused-ring (bicyclic) bond motifs is 7. The number of carbonyl (C=O) groups is 3. The van der Waals surface area contributed by atoms with Crippen LogP contribution in [0.3, 0.4) is 0 Å². The zero-order valence-electron chi connectivity index (χ0n) is 30.8. The fourth-order valence-electron chi connectivity index (χ4n) is 13.5. The molecule has 1 aromatic carbocycles. The van der Waals surface area contributed by atoms with Crippen molar-refractivity contribution in [2.24, 2.45) is 56.7 Å². The summed E-state index contributed by atoms with van der Waals surface area (Å²) in [5, 5.41) is 19.9. The number of aliphatic carboxylic acids is 1. The van der Waals surface area contributed by atoms with Crippen LogP contribution in [0.5, 0.6) is 0 Å². The summed E-state index contributed by atoms with van der Waals surface area (Å²) >= 11 is 0. The van der Waals surface area contributed by atoms with Gasteiger partial charge >= 0.3 is 17.9 Å². The molecule has 5 aliphatic carbocycles. The molecule has 0 radical (unpaired) electrons. The van der Waals surface area contributed by atoms with E-state index in [2.05, 4.69) is 54.2 Å². The van der Waals surface area contributed by atoms with Gasteiger partial charge in [0.2, 0.25) is 0 Å². The Morgan fingerprint density at radius 2 is 1.54 bits per heavy atom. The molecule has 48 heavy (non-hydrogen) atoms. The van der Waals surface area contributed by atoms with Crippen LogP contribution < -0.4 is 0 Å². The quantitative estimate of drug-likeness (QED) is 0.223. The number of ether oxygens (including phenoxy) is 1. The van der Waals surface area contributed by atoms with Crippen LogP contribution in [-0.4, -0.2) is 34.2 Å². The highest BCUT2D eigenvalue weighted by Gasteiger charge is 2.71. The van der Waals surface area contributed by atoms with E-state index >= 15 is 0 Å². The fraction of sp³-hybridized carbons (Fsp3) is 0.738. The second kappa shape index (κ2) is 11.5. The third kappa shape index (κ3) is 4.88. The first-order chi connectivity index (χ1) is 22.3. The van der Waals surface area contributed by atoms with Crippen molar-refractivity contribution in [2.45, 2.75) is 138 Å². The van der Waals surface area contributed by atoms with Gasteiger partial charge in [-0.05, 0) is 148 Å². The van der Waals surface area contributed by atoms with Crippen LogP contribution in [0.25, 0.3) is 0 Å². The van der Waals surface area contributed by atoms with Crippen LogP contribution in [-0.2, 0) is 19.7 Å². The Labute approximate surface area is 288 Å². The number of esters is 1. The highest BCUT2D eigenvalue weighted by Crippen LogP contribution is 2.77. The van der Waals surface area contributed by atoms with E-state index in [9.17, 15) is 24.6 Å². The number of hydrogen-bond acceptors (Lipinski definition) is 4. The second-order valence-corrected chi connectivity index (χ2v) is 18.9. The zero-order chi connectivity index (χ0) is 35.2. The van der Waals surface area contributed by atoms with Gasteiger partial charge in [-0.3, -0.25) is 9.59 Å². The van der Waals surface area contributed by atoms with E-state index in [-0.39, 0.29) is 39.6 Å². The molecule has 0 amide bonds. The molecule has 5 unspecified atom stereocenters. The van der Waals surface area contributed by atoms with Crippen molar-refractivity contribution in [3.05, 3.63) is 47.5 Å². The van der Waals surface area contributed by atoms with Crippen LogP contribution >= 0.6 is 0 Å². The van der Waals surface area contributed by atoms with Gasteiger partial charge < -0.3 is 14.9 Å². The lowest BCUT2D eigenvalue weighted by atomic mass is 9.32. The summed E-state index contributed by atoms with van der Waals surface area (Å²) in [6, 6.07) is 7.85. The molecule has 0 aliphatic heterocycles. The predicted octanol–water partition coefficient (Wildman–Crippen LogP) is 9.71. The number of rotatable bonds is 7. The molecule has 264 valence electrons. The average Bonchev–Trinajstić information content (AvgIpc) is 3.40. The van der Waals surface area contributed by atoms with E-state index in [1.807, 2.05) is 18.2 Å². The molecule has 5 aliphatic rings. The monoisotopic (exact) mass is 660 g/mol. The van der Waals surface area contributed by atoms with Crippen molar-refractivity contribution in [3.63, 3.8) is 0 Å². The van der Waals surface area contributed by atoms with Crippen LogP contribution in [0, 0.1) is 56.7 Å². The normalized spacial score (nSPS) is 41.6. The van der Waals surface area contributed by atoms with E-state index in [1.165, 1.54) is 12.0 Å². The predicted molar refractivity (Wildman–Crippen MR) is 188 cm³/mol. The van der Waals surface area contributed by atoms with E-state index < -0.39 is 23.3 Å². The topological polar surface area (TPSA) is 101 Å². The summed E-state index contributed by atoms with van der Waals surface area (Å²) in [4.78, 5) is 37.3. The van der Waals surface area contributed by atoms with Gasteiger partial charge in [0.1, 0.15) is 6.10 Å². The molecule has 1 aromatic rings. The maximum Gasteiger partial charge on any atom is 0.335 e. The average molecular weight is 661 g/mol. The maximum atomic E-state index is 13.1. The van der Waals surface area contributed by atoms with E-state index in [0.29, 0.717) is 35.2 Å². The third-order valence-corrected chi connectivity index (χ3v) is 16.1. The van der Waals surface area contributed by atoms with Gasteiger partial charge in [0, 0.05) is 5.41 Å². The summed E-state index contributed by atoms with van der Waals surface area (Å²) in [7, 11) is 0. The highest BCUT2D eigenvalue weighted by atomic mass is 16.5. The number of benzene rings is 1. The Morgan fingerprint density at radius 1 is 0.854 bits per heavy atom. The number of carbonyl (C=O) groups excluding carboxylic acids is 1. The molecule has 6 heteroatoms. The molecular formula is C42H60O6. The summed E-state index contributed by atoms with van der Waals surface area (Å²) < 4.78 is 6.16. The first kappa shape index (κ1) is 35.2. The van der Waals surface area contributed by atoms with E-state index in [0.717, 1.165) is 63.4 Å². The van der Waals surface area contributed by atoms with Crippen molar-refractivity contribution in [2.75, 3.05) is 0 Å². The Morgan fingerprint density at radius 3 is 2.19 bits per heavy atom. The Bertz CT molecular complexity index is 1510. The minimum atomic E-state index is -1.15. The summed E-state index contributed by atoms with van der Waals surface area (Å²) in [6.45, 7) is 22.2. The van der Waals surface area contributed by atoms with Crippen LogP contribution in [0.1, 0.15) is 142 Å². The number of carboxylic acid groups (broad SMARTS) is 2. The molecule has 0 heterocycles. The molecule has 0 bridgehead atoms. The van der Waals surface area contributed by atoms with Crippen LogP contribution in [0.15, 0.2) is 36.4 Å². The van der Waals surface area contributed by atoms with Crippen LogP contribution in [0.2, 0.25) is 0 Å². The first-order valence-corrected chi connectivity index (χ1v) is 18.7. The van der Waals surface area contributed by atoms with Crippen molar-refractivity contribution >= 4 is 17.9 Å². The zero-order valence-corrected chi connectivity index (χ0v) is 30.8. The van der Waals surface area contributed by atoms with Crippen molar-refractivity contribution < 1.29 is 29.3 Å². The molecule has 0 aromatic heterocycles. The lowest BCUT2D eigenvalue weighted by Crippen LogP contribution is -2.67. The largest absolute Gasteiger partial charge is 0.481 e. The lowest BCUT2D eigenvalue weighted by molar-refractivity contribution is -0.246. The highest BCUT2D eigenvalue weighted by molar-refractivity contribution is 5.90. The standard InChI is InChI=1S/C42H60O6/c1-25(2)26-16-21-42(28-13-11-10-12-27(28)35(44)45)23-22-40(8)29(34(26)42)14-15-31-39(7)19-18-32(48-33(43)24-37(3,4)36(46)47)38(5,6)30(39)17-20-41(31,40)9/h10-13,26,29-32,34H,1,14-24H2,2-9H3,(H,44,45)(H,46,47)/t26-,29?,30?,31?,32-,34?,39-,40+,41+,42?/m0/s1. The smallest absolute Gasteiger partial charge is 0.335 e. The number of aromatic carboxylic acids is 1. The molecular weight excluding hydrogens is 600 g/mol. The molecule has 6 rings (SSSR count). The van der Waals surface area contributed by atoms with Gasteiger partial charge in [-0.2, -0.15) is 0 Å². The minimum absolute atomic E-state index is 0.113. The van der Waals surface area contributed by atoms with Crippen molar-refractivity contribution in [3.8, 4) is 0 Å². The molecule has 10 atom stereocenters. The Hall–Kier alpha value is -2.63. The number of carboxylic acids is 2. The van der Waals surface area contributed by atoms with Gasteiger partial charge in [-0.15, -0.1) is 0 Å². The Balaban J connectivity index is 1.32. The van der Waals surface area contributed by atoms with Crippen molar-refractivity contribution in [1.29, 1.82) is 0 Å². The summed E-state index contributed by atoms with van der Waals surface area (Å²) in [5.74, 6) is 0.0412. The second-order valence-electron chi connectivity index (χ2n) is 18.9. The van der Waals surface area contributed by atoms with Gasteiger partial charge in [0.15, 0.2) is 0 Å². The molecule has 6 nitrogen and oxygen atoms in total.